The Hall–Kier alpha value is -1.43. The van der Waals surface area contributed by atoms with Crippen LogP contribution >= 0.6 is 15.9 Å². The van der Waals surface area contributed by atoms with Gasteiger partial charge >= 0.3 is 0 Å². The molecule has 0 spiro atoms. The van der Waals surface area contributed by atoms with Gasteiger partial charge in [-0.05, 0) is 40.0 Å². The Kier molecular flexibility index (Phi) is 6.64. The molecule has 0 radical (unpaired) electrons. The van der Waals surface area contributed by atoms with Crippen molar-refractivity contribution in [2.45, 2.75) is 20.3 Å². The number of rotatable bonds is 6. The van der Waals surface area contributed by atoms with Gasteiger partial charge in [0.25, 0.3) is 5.91 Å². The number of halogens is 2. The van der Waals surface area contributed by atoms with Crippen LogP contribution < -0.4 is 10.6 Å². The molecule has 1 aromatic rings. The highest BCUT2D eigenvalue weighted by molar-refractivity contribution is 9.10. The van der Waals surface area contributed by atoms with Crippen molar-refractivity contribution in [3.8, 4) is 0 Å². The van der Waals surface area contributed by atoms with Crippen molar-refractivity contribution in [1.82, 2.24) is 10.6 Å². The highest BCUT2D eigenvalue weighted by Crippen LogP contribution is 2.16. The first-order valence-electron chi connectivity index (χ1n) is 6.40. The average Bonchev–Trinajstić information content (AvgIpc) is 2.39. The third kappa shape index (κ3) is 5.69. The number of hydrogen-bond acceptors (Lipinski definition) is 2. The molecule has 6 heteroatoms. The summed E-state index contributed by atoms with van der Waals surface area (Å²) in [5, 5.41) is 5.34. The smallest absolute Gasteiger partial charge is 0.251 e. The minimum atomic E-state index is -0.493. The maximum absolute atomic E-state index is 13.3. The molecule has 2 N–H and O–H groups in total. The van der Waals surface area contributed by atoms with E-state index in [1.54, 1.807) is 0 Å². The first-order valence-corrected chi connectivity index (χ1v) is 7.19. The van der Waals surface area contributed by atoms with E-state index in [-0.39, 0.29) is 24.4 Å². The monoisotopic (exact) mass is 344 g/mol. The minimum Gasteiger partial charge on any atom is -0.356 e. The van der Waals surface area contributed by atoms with Gasteiger partial charge in [-0.15, -0.1) is 0 Å². The number of benzene rings is 1. The topological polar surface area (TPSA) is 58.2 Å². The fraction of sp³-hybridized carbons (Fsp3) is 0.429. The molecule has 1 rings (SSSR count). The molecule has 0 aliphatic heterocycles. The van der Waals surface area contributed by atoms with Gasteiger partial charge in [0.05, 0.1) is 4.47 Å². The Balaban J connectivity index is 2.36. The quantitative estimate of drug-likeness (QED) is 0.832. The van der Waals surface area contributed by atoms with Crippen LogP contribution in [-0.2, 0) is 4.79 Å². The van der Waals surface area contributed by atoms with Crippen molar-refractivity contribution in [3.05, 3.63) is 34.1 Å². The maximum atomic E-state index is 13.3. The van der Waals surface area contributed by atoms with E-state index >= 15 is 0 Å². The van der Waals surface area contributed by atoms with E-state index in [1.165, 1.54) is 12.1 Å². The number of carbonyl (C=O) groups is 2. The van der Waals surface area contributed by atoms with Crippen LogP contribution in [0.15, 0.2) is 22.7 Å². The summed E-state index contributed by atoms with van der Waals surface area (Å²) in [4.78, 5) is 23.2. The first kappa shape index (κ1) is 16.6. The van der Waals surface area contributed by atoms with Crippen LogP contribution in [0.5, 0.6) is 0 Å². The van der Waals surface area contributed by atoms with E-state index in [9.17, 15) is 14.0 Å². The second kappa shape index (κ2) is 7.99. The Labute approximate surface area is 126 Å². The molecule has 1 aromatic carbocycles. The third-order valence-electron chi connectivity index (χ3n) is 2.53. The molecule has 0 atom stereocenters. The standard InChI is InChI=1S/C14H18BrFN2O2/c1-9(2)8-18-13(19)5-6-17-14(20)10-3-4-11(15)12(16)7-10/h3-4,7,9H,5-6,8H2,1-2H3,(H,17,20)(H,18,19). The summed E-state index contributed by atoms with van der Waals surface area (Å²) in [7, 11) is 0. The van der Waals surface area contributed by atoms with Crippen LogP contribution in [0.2, 0.25) is 0 Å². The van der Waals surface area contributed by atoms with Crippen LogP contribution in [0.4, 0.5) is 4.39 Å². The van der Waals surface area contributed by atoms with Crippen molar-refractivity contribution in [1.29, 1.82) is 0 Å². The zero-order valence-electron chi connectivity index (χ0n) is 11.5. The molecule has 0 aliphatic carbocycles. The largest absolute Gasteiger partial charge is 0.356 e. The molecule has 0 heterocycles. The predicted molar refractivity (Wildman–Crippen MR) is 78.9 cm³/mol. The van der Waals surface area contributed by atoms with Crippen LogP contribution in [0, 0.1) is 11.7 Å². The number of amides is 2. The van der Waals surface area contributed by atoms with Gasteiger partial charge in [-0.2, -0.15) is 0 Å². The van der Waals surface area contributed by atoms with Crippen molar-refractivity contribution in [2.75, 3.05) is 13.1 Å². The van der Waals surface area contributed by atoms with Gasteiger partial charge in [0.1, 0.15) is 5.82 Å². The van der Waals surface area contributed by atoms with E-state index in [1.807, 2.05) is 13.8 Å². The maximum Gasteiger partial charge on any atom is 0.251 e. The summed E-state index contributed by atoms with van der Waals surface area (Å²) < 4.78 is 13.6. The minimum absolute atomic E-state index is 0.110. The van der Waals surface area contributed by atoms with E-state index in [0.29, 0.717) is 16.9 Å². The van der Waals surface area contributed by atoms with Gasteiger partial charge < -0.3 is 10.6 Å². The summed E-state index contributed by atoms with van der Waals surface area (Å²) in [6, 6.07) is 4.14. The van der Waals surface area contributed by atoms with Gasteiger partial charge in [-0.25, -0.2) is 4.39 Å². The predicted octanol–water partition coefficient (Wildman–Crippen LogP) is 2.48. The molecule has 0 fully saturated rings. The Bertz CT molecular complexity index is 492. The zero-order valence-corrected chi connectivity index (χ0v) is 13.1. The zero-order chi connectivity index (χ0) is 15.1. The molecule has 0 saturated carbocycles. The third-order valence-corrected chi connectivity index (χ3v) is 3.17. The van der Waals surface area contributed by atoms with Crippen LogP contribution in [-0.4, -0.2) is 24.9 Å². The van der Waals surface area contributed by atoms with Gasteiger partial charge in [0, 0.05) is 25.1 Å². The molecule has 0 bridgehead atoms. The molecule has 0 unspecified atom stereocenters. The van der Waals surface area contributed by atoms with E-state index in [2.05, 4.69) is 26.6 Å². The lowest BCUT2D eigenvalue weighted by molar-refractivity contribution is -0.121. The summed E-state index contributed by atoms with van der Waals surface area (Å²) in [6.45, 7) is 4.85. The van der Waals surface area contributed by atoms with Crippen LogP contribution in [0.1, 0.15) is 30.6 Å². The summed E-state index contributed by atoms with van der Waals surface area (Å²) in [5.74, 6) is -0.611. The summed E-state index contributed by atoms with van der Waals surface area (Å²) in [5.41, 5.74) is 0.230. The molecular formula is C14H18BrFN2O2. The van der Waals surface area contributed by atoms with E-state index in [0.717, 1.165) is 6.07 Å². The van der Waals surface area contributed by atoms with Crippen LogP contribution in [0.3, 0.4) is 0 Å². The highest BCUT2D eigenvalue weighted by atomic mass is 79.9. The van der Waals surface area contributed by atoms with Gasteiger partial charge in [-0.3, -0.25) is 9.59 Å². The first-order chi connectivity index (χ1) is 9.40. The Morgan fingerprint density at radius 2 is 2.00 bits per heavy atom. The molecule has 0 saturated heterocycles. The summed E-state index contributed by atoms with van der Waals surface area (Å²) in [6.07, 6.45) is 0.206. The molecule has 20 heavy (non-hydrogen) atoms. The number of nitrogens with one attached hydrogen (secondary N) is 2. The van der Waals surface area contributed by atoms with Crippen molar-refractivity contribution in [3.63, 3.8) is 0 Å². The van der Waals surface area contributed by atoms with Crippen molar-refractivity contribution < 1.29 is 14.0 Å². The number of carbonyl (C=O) groups excluding carboxylic acids is 2. The summed E-state index contributed by atoms with van der Waals surface area (Å²) >= 11 is 3.02. The van der Waals surface area contributed by atoms with Crippen molar-refractivity contribution in [2.24, 2.45) is 5.92 Å². The fourth-order valence-corrected chi connectivity index (χ4v) is 1.68. The van der Waals surface area contributed by atoms with Crippen molar-refractivity contribution >= 4 is 27.7 Å². The molecule has 2 amide bonds. The molecule has 4 nitrogen and oxygen atoms in total. The van der Waals surface area contributed by atoms with Gasteiger partial charge in [0.15, 0.2) is 0 Å². The Morgan fingerprint density at radius 3 is 2.60 bits per heavy atom. The highest BCUT2D eigenvalue weighted by Gasteiger charge is 2.09. The van der Waals surface area contributed by atoms with Gasteiger partial charge in [0.2, 0.25) is 5.91 Å². The van der Waals surface area contributed by atoms with E-state index < -0.39 is 11.7 Å². The molecule has 110 valence electrons. The molecule has 0 aliphatic rings. The SMILES string of the molecule is CC(C)CNC(=O)CCNC(=O)c1ccc(Br)c(F)c1. The number of hydrogen-bond donors (Lipinski definition) is 2. The van der Waals surface area contributed by atoms with E-state index in [4.69, 9.17) is 0 Å². The fourth-order valence-electron chi connectivity index (χ4n) is 1.44. The second-order valence-corrected chi connectivity index (χ2v) is 5.69. The lowest BCUT2D eigenvalue weighted by Gasteiger charge is -2.08. The van der Waals surface area contributed by atoms with Crippen LogP contribution in [0.25, 0.3) is 0 Å². The van der Waals surface area contributed by atoms with Gasteiger partial charge in [-0.1, -0.05) is 13.8 Å². The lowest BCUT2D eigenvalue weighted by Crippen LogP contribution is -2.32. The molecular weight excluding hydrogens is 327 g/mol. The second-order valence-electron chi connectivity index (χ2n) is 4.83. The molecule has 0 aromatic heterocycles. The lowest BCUT2D eigenvalue weighted by atomic mass is 10.2. The Morgan fingerprint density at radius 1 is 1.30 bits per heavy atom. The average molecular weight is 345 g/mol. The normalized spacial score (nSPS) is 10.4.